The third kappa shape index (κ3) is 4.73. The van der Waals surface area contributed by atoms with Crippen molar-refractivity contribution in [3.8, 4) is 0 Å². The summed E-state index contributed by atoms with van der Waals surface area (Å²) in [6, 6.07) is 0.372. The zero-order chi connectivity index (χ0) is 11.3. The second-order valence-electron chi connectivity index (χ2n) is 4.12. The van der Waals surface area contributed by atoms with Gasteiger partial charge in [0.1, 0.15) is 0 Å². The quantitative estimate of drug-likeness (QED) is 0.754. The number of rotatable bonds is 6. The van der Waals surface area contributed by atoms with Gasteiger partial charge >= 0.3 is 0 Å². The highest BCUT2D eigenvalue weighted by Gasteiger charge is 2.07. The number of aryl methyl sites for hydroxylation is 1. The van der Waals surface area contributed by atoms with Crippen LogP contribution in [0.2, 0.25) is 0 Å². The molecule has 3 nitrogen and oxygen atoms in total. The molecule has 0 bridgehead atoms. The standard InChI is InChI=1S/C11H21N3S/c1-9(11-8-15-10(2)13-11)12-6-5-7-14(3)4/h8-9,12H,5-7H2,1-4H3. The largest absolute Gasteiger partial charge is 0.309 e. The van der Waals surface area contributed by atoms with Gasteiger partial charge in [-0.15, -0.1) is 11.3 Å². The van der Waals surface area contributed by atoms with Crippen molar-refractivity contribution >= 4 is 11.3 Å². The van der Waals surface area contributed by atoms with Gasteiger partial charge in [0.25, 0.3) is 0 Å². The van der Waals surface area contributed by atoms with Crippen molar-refractivity contribution in [1.82, 2.24) is 15.2 Å². The van der Waals surface area contributed by atoms with Gasteiger partial charge in [0, 0.05) is 11.4 Å². The van der Waals surface area contributed by atoms with E-state index in [2.05, 4.69) is 41.6 Å². The van der Waals surface area contributed by atoms with Gasteiger partial charge in [-0.1, -0.05) is 0 Å². The highest BCUT2D eigenvalue weighted by molar-refractivity contribution is 7.09. The SMILES string of the molecule is Cc1nc(C(C)NCCCN(C)C)cs1. The highest BCUT2D eigenvalue weighted by Crippen LogP contribution is 2.15. The molecule has 0 aliphatic rings. The summed E-state index contributed by atoms with van der Waals surface area (Å²) in [7, 11) is 4.21. The maximum atomic E-state index is 4.47. The van der Waals surface area contributed by atoms with E-state index in [1.165, 1.54) is 12.1 Å². The molecule has 0 fully saturated rings. The highest BCUT2D eigenvalue weighted by atomic mass is 32.1. The smallest absolute Gasteiger partial charge is 0.0898 e. The number of nitrogens with zero attached hydrogens (tertiary/aromatic N) is 2. The third-order valence-electron chi connectivity index (χ3n) is 2.31. The molecule has 0 aliphatic heterocycles. The first-order valence-corrected chi connectivity index (χ1v) is 6.27. The average molecular weight is 227 g/mol. The summed E-state index contributed by atoms with van der Waals surface area (Å²) in [5.74, 6) is 0. The number of aromatic nitrogens is 1. The molecular weight excluding hydrogens is 206 g/mol. The first-order chi connectivity index (χ1) is 7.09. The van der Waals surface area contributed by atoms with Crippen LogP contribution in [-0.4, -0.2) is 37.1 Å². The molecule has 0 saturated heterocycles. The Kier molecular flexibility index (Phi) is 5.22. The molecule has 1 heterocycles. The summed E-state index contributed by atoms with van der Waals surface area (Å²) < 4.78 is 0. The molecule has 0 amide bonds. The van der Waals surface area contributed by atoms with Gasteiger partial charge in [0.15, 0.2) is 0 Å². The van der Waals surface area contributed by atoms with Crippen LogP contribution < -0.4 is 5.32 Å². The Balaban J connectivity index is 2.21. The summed E-state index contributed by atoms with van der Waals surface area (Å²) in [5, 5.41) is 6.77. The van der Waals surface area contributed by atoms with E-state index in [-0.39, 0.29) is 0 Å². The first-order valence-electron chi connectivity index (χ1n) is 5.39. The topological polar surface area (TPSA) is 28.2 Å². The summed E-state index contributed by atoms with van der Waals surface area (Å²) in [6.07, 6.45) is 1.18. The molecule has 1 aromatic rings. The lowest BCUT2D eigenvalue weighted by Gasteiger charge is -2.13. The molecule has 4 heteroatoms. The molecule has 1 N–H and O–H groups in total. The van der Waals surface area contributed by atoms with Gasteiger partial charge in [0.2, 0.25) is 0 Å². The van der Waals surface area contributed by atoms with Gasteiger partial charge in [-0.2, -0.15) is 0 Å². The fourth-order valence-corrected chi connectivity index (χ4v) is 2.10. The van der Waals surface area contributed by atoms with Crippen LogP contribution in [0.25, 0.3) is 0 Å². The second kappa shape index (κ2) is 6.20. The molecule has 1 rings (SSSR count). The lowest BCUT2D eigenvalue weighted by atomic mass is 10.2. The van der Waals surface area contributed by atoms with Crippen molar-refractivity contribution in [3.63, 3.8) is 0 Å². The van der Waals surface area contributed by atoms with Crippen LogP contribution in [0.5, 0.6) is 0 Å². The summed E-state index contributed by atoms with van der Waals surface area (Å²) in [5.41, 5.74) is 1.17. The van der Waals surface area contributed by atoms with Crippen LogP contribution >= 0.6 is 11.3 Å². The predicted octanol–water partition coefficient (Wildman–Crippen LogP) is 2.05. The van der Waals surface area contributed by atoms with E-state index in [0.717, 1.165) is 18.1 Å². The number of nitrogens with one attached hydrogen (secondary N) is 1. The van der Waals surface area contributed by atoms with Gasteiger partial charge in [-0.25, -0.2) is 4.98 Å². The lowest BCUT2D eigenvalue weighted by molar-refractivity contribution is 0.388. The van der Waals surface area contributed by atoms with Crippen molar-refractivity contribution < 1.29 is 0 Å². The van der Waals surface area contributed by atoms with E-state index in [9.17, 15) is 0 Å². The van der Waals surface area contributed by atoms with E-state index in [1.54, 1.807) is 11.3 Å². The van der Waals surface area contributed by atoms with E-state index in [4.69, 9.17) is 0 Å². The molecule has 1 unspecified atom stereocenters. The Labute approximate surface area is 96.5 Å². The second-order valence-corrected chi connectivity index (χ2v) is 5.19. The van der Waals surface area contributed by atoms with Crippen LogP contribution in [0, 0.1) is 6.92 Å². The number of hydrogen-bond acceptors (Lipinski definition) is 4. The molecule has 15 heavy (non-hydrogen) atoms. The number of thiazole rings is 1. The van der Waals surface area contributed by atoms with Crippen molar-refractivity contribution in [1.29, 1.82) is 0 Å². The van der Waals surface area contributed by atoms with Crippen molar-refractivity contribution in [3.05, 3.63) is 16.1 Å². The zero-order valence-corrected chi connectivity index (χ0v) is 10.9. The number of hydrogen-bond donors (Lipinski definition) is 1. The third-order valence-corrected chi connectivity index (χ3v) is 3.10. The monoisotopic (exact) mass is 227 g/mol. The van der Waals surface area contributed by atoms with Crippen LogP contribution in [0.4, 0.5) is 0 Å². The van der Waals surface area contributed by atoms with Crippen molar-refractivity contribution in [2.24, 2.45) is 0 Å². The molecule has 0 spiro atoms. The van der Waals surface area contributed by atoms with Crippen molar-refractivity contribution in [2.75, 3.05) is 27.2 Å². The molecule has 0 aromatic carbocycles. The fourth-order valence-electron chi connectivity index (χ4n) is 1.40. The van der Waals surface area contributed by atoms with E-state index in [1.807, 2.05) is 6.92 Å². The van der Waals surface area contributed by atoms with Gasteiger partial charge < -0.3 is 10.2 Å². The average Bonchev–Trinajstić information content (AvgIpc) is 2.59. The lowest BCUT2D eigenvalue weighted by Crippen LogP contribution is -2.24. The van der Waals surface area contributed by atoms with E-state index in [0.29, 0.717) is 6.04 Å². The van der Waals surface area contributed by atoms with Crippen LogP contribution in [0.3, 0.4) is 0 Å². The van der Waals surface area contributed by atoms with Crippen LogP contribution in [0.1, 0.15) is 30.1 Å². The molecule has 86 valence electrons. The predicted molar refractivity (Wildman–Crippen MR) is 66.4 cm³/mol. The summed E-state index contributed by atoms with van der Waals surface area (Å²) in [4.78, 5) is 6.68. The van der Waals surface area contributed by atoms with Crippen LogP contribution in [0.15, 0.2) is 5.38 Å². The van der Waals surface area contributed by atoms with E-state index < -0.39 is 0 Å². The summed E-state index contributed by atoms with van der Waals surface area (Å²) >= 11 is 1.72. The molecule has 1 atom stereocenters. The maximum absolute atomic E-state index is 4.47. The summed E-state index contributed by atoms with van der Waals surface area (Å²) in [6.45, 7) is 6.41. The molecule has 0 saturated carbocycles. The Bertz CT molecular complexity index is 283. The molecule has 0 aliphatic carbocycles. The molecular formula is C11H21N3S. The minimum absolute atomic E-state index is 0.372. The minimum atomic E-state index is 0.372. The molecule has 1 aromatic heterocycles. The van der Waals surface area contributed by atoms with Gasteiger partial charge in [-0.3, -0.25) is 0 Å². The minimum Gasteiger partial charge on any atom is -0.309 e. The van der Waals surface area contributed by atoms with Gasteiger partial charge in [-0.05, 0) is 47.5 Å². The zero-order valence-electron chi connectivity index (χ0n) is 10.1. The normalized spacial score (nSPS) is 13.4. The Morgan fingerprint density at radius 3 is 2.80 bits per heavy atom. The van der Waals surface area contributed by atoms with E-state index >= 15 is 0 Å². The molecule has 0 radical (unpaired) electrons. The van der Waals surface area contributed by atoms with Crippen molar-refractivity contribution in [2.45, 2.75) is 26.3 Å². The Hall–Kier alpha value is -0.450. The Morgan fingerprint density at radius 2 is 2.27 bits per heavy atom. The fraction of sp³-hybridized carbons (Fsp3) is 0.727. The first kappa shape index (κ1) is 12.6. The maximum Gasteiger partial charge on any atom is 0.0898 e. The Morgan fingerprint density at radius 1 is 1.53 bits per heavy atom. The van der Waals surface area contributed by atoms with Crippen LogP contribution in [-0.2, 0) is 0 Å². The van der Waals surface area contributed by atoms with Gasteiger partial charge in [0.05, 0.1) is 10.7 Å².